The molecule has 0 amide bonds. The number of nitrogens with one attached hydrogen (secondary N) is 1. The maximum atomic E-state index is 11.5. The standard InChI is InChI=1S/C14H15ClN2O2/c15-12-8-11(5-4-10(12)9-16)17-14(13(18)19)6-2-1-3-7-14/h4-5,8,17H,1-3,6-7H2,(H,18,19). The summed E-state index contributed by atoms with van der Waals surface area (Å²) in [6.07, 6.45) is 4.11. The molecule has 0 aliphatic heterocycles. The maximum Gasteiger partial charge on any atom is 0.329 e. The van der Waals surface area contributed by atoms with E-state index in [1.807, 2.05) is 6.07 Å². The zero-order chi connectivity index (χ0) is 13.9. The lowest BCUT2D eigenvalue weighted by Crippen LogP contribution is -2.47. The average molecular weight is 279 g/mol. The fourth-order valence-corrected chi connectivity index (χ4v) is 2.73. The van der Waals surface area contributed by atoms with Gasteiger partial charge in [-0.15, -0.1) is 0 Å². The van der Waals surface area contributed by atoms with Crippen molar-refractivity contribution in [1.82, 2.24) is 0 Å². The van der Waals surface area contributed by atoms with Crippen LogP contribution in [0.3, 0.4) is 0 Å². The molecule has 0 bridgehead atoms. The molecular weight excluding hydrogens is 264 g/mol. The zero-order valence-electron chi connectivity index (χ0n) is 10.4. The average Bonchev–Trinajstić information content (AvgIpc) is 2.40. The molecule has 0 heterocycles. The molecule has 5 heteroatoms. The minimum Gasteiger partial charge on any atom is -0.480 e. The zero-order valence-corrected chi connectivity index (χ0v) is 11.2. The molecule has 0 atom stereocenters. The molecule has 1 aromatic rings. The summed E-state index contributed by atoms with van der Waals surface area (Å²) in [5.41, 5.74) is 0.129. The highest BCUT2D eigenvalue weighted by Gasteiger charge is 2.39. The molecule has 0 aromatic heterocycles. The van der Waals surface area contributed by atoms with Gasteiger partial charge < -0.3 is 10.4 Å². The summed E-state index contributed by atoms with van der Waals surface area (Å²) >= 11 is 5.96. The number of carboxylic acids is 1. The van der Waals surface area contributed by atoms with Crippen LogP contribution in [0.4, 0.5) is 5.69 Å². The van der Waals surface area contributed by atoms with Crippen molar-refractivity contribution in [1.29, 1.82) is 5.26 Å². The molecule has 1 aromatic carbocycles. The van der Waals surface area contributed by atoms with Crippen molar-refractivity contribution in [3.05, 3.63) is 28.8 Å². The Bertz CT molecular complexity index is 531. The van der Waals surface area contributed by atoms with Crippen LogP contribution >= 0.6 is 11.6 Å². The third-order valence-electron chi connectivity index (χ3n) is 3.59. The van der Waals surface area contributed by atoms with E-state index >= 15 is 0 Å². The topological polar surface area (TPSA) is 73.1 Å². The third kappa shape index (κ3) is 2.82. The Balaban J connectivity index is 2.25. The Hall–Kier alpha value is -1.73. The van der Waals surface area contributed by atoms with Crippen LogP contribution < -0.4 is 5.32 Å². The van der Waals surface area contributed by atoms with Crippen LogP contribution in [0, 0.1) is 11.3 Å². The van der Waals surface area contributed by atoms with E-state index in [4.69, 9.17) is 16.9 Å². The first-order valence-corrected chi connectivity index (χ1v) is 6.66. The second kappa shape index (κ2) is 5.50. The molecule has 1 fully saturated rings. The van der Waals surface area contributed by atoms with Gasteiger partial charge in [0.05, 0.1) is 10.6 Å². The minimum atomic E-state index is -0.907. The number of aliphatic carboxylic acids is 1. The van der Waals surface area contributed by atoms with Gasteiger partial charge in [-0.2, -0.15) is 5.26 Å². The monoisotopic (exact) mass is 278 g/mol. The van der Waals surface area contributed by atoms with Gasteiger partial charge in [0.15, 0.2) is 0 Å². The molecule has 1 aliphatic carbocycles. The third-order valence-corrected chi connectivity index (χ3v) is 3.90. The van der Waals surface area contributed by atoms with Crippen molar-refractivity contribution in [3.8, 4) is 6.07 Å². The number of rotatable bonds is 3. The SMILES string of the molecule is N#Cc1ccc(NC2(C(=O)O)CCCCC2)cc1Cl. The van der Waals surface area contributed by atoms with Gasteiger partial charge in [-0.1, -0.05) is 30.9 Å². The van der Waals surface area contributed by atoms with E-state index in [0.717, 1.165) is 19.3 Å². The number of carbonyl (C=O) groups is 1. The Morgan fingerprint density at radius 1 is 1.37 bits per heavy atom. The Kier molecular flexibility index (Phi) is 3.96. The molecule has 4 nitrogen and oxygen atoms in total. The molecule has 100 valence electrons. The number of anilines is 1. The lowest BCUT2D eigenvalue weighted by atomic mass is 9.81. The lowest BCUT2D eigenvalue weighted by molar-refractivity contribution is -0.143. The number of carboxylic acid groups (broad SMARTS) is 1. The molecule has 0 saturated heterocycles. The number of benzene rings is 1. The van der Waals surface area contributed by atoms with Crippen LogP contribution in [-0.4, -0.2) is 16.6 Å². The van der Waals surface area contributed by atoms with Crippen LogP contribution in [0.25, 0.3) is 0 Å². The molecule has 2 N–H and O–H groups in total. The van der Waals surface area contributed by atoms with Crippen molar-refractivity contribution < 1.29 is 9.90 Å². The van der Waals surface area contributed by atoms with E-state index in [1.54, 1.807) is 18.2 Å². The smallest absolute Gasteiger partial charge is 0.329 e. The molecule has 2 rings (SSSR count). The summed E-state index contributed by atoms with van der Waals surface area (Å²) in [4.78, 5) is 11.5. The van der Waals surface area contributed by atoms with Gasteiger partial charge in [-0.25, -0.2) is 4.79 Å². The molecule has 1 saturated carbocycles. The minimum absolute atomic E-state index is 0.337. The highest BCUT2D eigenvalue weighted by molar-refractivity contribution is 6.32. The summed E-state index contributed by atoms with van der Waals surface area (Å²) in [5, 5.41) is 21.7. The summed E-state index contributed by atoms with van der Waals surface area (Å²) in [6.45, 7) is 0. The van der Waals surface area contributed by atoms with Crippen LogP contribution in [0.5, 0.6) is 0 Å². The normalized spacial score (nSPS) is 17.5. The molecular formula is C14H15ClN2O2. The van der Waals surface area contributed by atoms with Crippen LogP contribution in [0.2, 0.25) is 5.02 Å². The van der Waals surface area contributed by atoms with Crippen LogP contribution in [0.1, 0.15) is 37.7 Å². The number of nitriles is 1. The van der Waals surface area contributed by atoms with E-state index in [-0.39, 0.29) is 0 Å². The van der Waals surface area contributed by atoms with Gasteiger partial charge in [0.25, 0.3) is 0 Å². The van der Waals surface area contributed by atoms with Gasteiger partial charge in [0.1, 0.15) is 11.6 Å². The van der Waals surface area contributed by atoms with E-state index in [2.05, 4.69) is 5.32 Å². The van der Waals surface area contributed by atoms with Gasteiger partial charge in [-0.05, 0) is 31.0 Å². The molecule has 0 unspecified atom stereocenters. The fourth-order valence-electron chi connectivity index (χ4n) is 2.51. The van der Waals surface area contributed by atoms with Crippen LogP contribution in [0.15, 0.2) is 18.2 Å². The largest absolute Gasteiger partial charge is 0.480 e. The summed E-state index contributed by atoms with van der Waals surface area (Å²) < 4.78 is 0. The first kappa shape index (κ1) is 13.7. The highest BCUT2D eigenvalue weighted by atomic mass is 35.5. The van der Waals surface area contributed by atoms with Crippen molar-refractivity contribution in [3.63, 3.8) is 0 Å². The predicted molar refractivity (Wildman–Crippen MR) is 73.2 cm³/mol. The first-order chi connectivity index (χ1) is 9.07. The van der Waals surface area contributed by atoms with Gasteiger partial charge in [0.2, 0.25) is 0 Å². The van der Waals surface area contributed by atoms with Crippen LogP contribution in [-0.2, 0) is 4.79 Å². The highest BCUT2D eigenvalue weighted by Crippen LogP contribution is 2.33. The summed E-state index contributed by atoms with van der Waals surface area (Å²) in [6, 6.07) is 6.89. The molecule has 19 heavy (non-hydrogen) atoms. The summed E-state index contributed by atoms with van der Waals surface area (Å²) in [7, 11) is 0. The van der Waals surface area contributed by atoms with Crippen molar-refractivity contribution in [2.24, 2.45) is 0 Å². The summed E-state index contributed by atoms with van der Waals surface area (Å²) in [5.74, 6) is -0.826. The van der Waals surface area contributed by atoms with Gasteiger partial charge >= 0.3 is 5.97 Å². The van der Waals surface area contributed by atoms with Crippen molar-refractivity contribution in [2.45, 2.75) is 37.6 Å². The number of hydrogen-bond acceptors (Lipinski definition) is 3. The predicted octanol–water partition coefficient (Wildman–Crippen LogP) is 3.41. The Labute approximate surface area is 117 Å². The van der Waals surface area contributed by atoms with Gasteiger partial charge in [-0.3, -0.25) is 0 Å². The van der Waals surface area contributed by atoms with Crippen molar-refractivity contribution in [2.75, 3.05) is 5.32 Å². The second-order valence-electron chi connectivity index (χ2n) is 4.88. The number of hydrogen-bond donors (Lipinski definition) is 2. The Morgan fingerprint density at radius 2 is 2.05 bits per heavy atom. The van der Waals surface area contributed by atoms with E-state index < -0.39 is 11.5 Å². The molecule has 0 radical (unpaired) electrons. The van der Waals surface area contributed by atoms with Gasteiger partial charge in [0, 0.05) is 5.69 Å². The van der Waals surface area contributed by atoms with E-state index in [0.29, 0.717) is 29.1 Å². The lowest BCUT2D eigenvalue weighted by Gasteiger charge is -2.35. The molecule has 1 aliphatic rings. The number of nitrogens with zero attached hydrogens (tertiary/aromatic N) is 1. The fraction of sp³-hybridized carbons (Fsp3) is 0.429. The Morgan fingerprint density at radius 3 is 2.58 bits per heavy atom. The van der Waals surface area contributed by atoms with Crippen molar-refractivity contribution >= 4 is 23.3 Å². The van der Waals surface area contributed by atoms with E-state index in [9.17, 15) is 9.90 Å². The van der Waals surface area contributed by atoms with E-state index in [1.165, 1.54) is 0 Å². The first-order valence-electron chi connectivity index (χ1n) is 6.29. The molecule has 0 spiro atoms. The second-order valence-corrected chi connectivity index (χ2v) is 5.29. The number of halogens is 1. The quantitative estimate of drug-likeness (QED) is 0.888. The maximum absolute atomic E-state index is 11.5.